The third-order valence-electron chi connectivity index (χ3n) is 3.93. The molecule has 0 aromatic heterocycles. The van der Waals surface area contributed by atoms with E-state index in [1.165, 1.54) is 25.1 Å². The van der Waals surface area contributed by atoms with Crippen LogP contribution in [0.1, 0.15) is 25.3 Å². The summed E-state index contributed by atoms with van der Waals surface area (Å²) >= 11 is 0. The Bertz CT molecular complexity index is 740. The van der Waals surface area contributed by atoms with Crippen LogP contribution in [-0.4, -0.2) is 32.0 Å². The molecule has 0 radical (unpaired) electrons. The zero-order valence-corrected chi connectivity index (χ0v) is 13.1. The van der Waals surface area contributed by atoms with Crippen LogP contribution < -0.4 is 0 Å². The number of sulfone groups is 1. The molecule has 0 bridgehead atoms. The molecule has 2 rings (SSSR count). The predicted octanol–water partition coefficient (Wildman–Crippen LogP) is 1.80. The molecule has 0 aliphatic heterocycles. The fourth-order valence-corrected chi connectivity index (χ4v) is 4.77. The van der Waals surface area contributed by atoms with Crippen LogP contribution in [0.3, 0.4) is 0 Å². The smallest absolute Gasteiger partial charge is 0.328 e. The van der Waals surface area contributed by atoms with Gasteiger partial charge in [0.15, 0.2) is 15.3 Å². The summed E-state index contributed by atoms with van der Waals surface area (Å²) in [6.45, 7) is 3.06. The highest BCUT2D eigenvalue weighted by Crippen LogP contribution is 2.63. The summed E-state index contributed by atoms with van der Waals surface area (Å²) in [5.41, 5.74) is -1.48. The molecule has 1 aliphatic carbocycles. The maximum atomic E-state index is 13.4. The summed E-state index contributed by atoms with van der Waals surface area (Å²) in [6, 6.07) is 7.13. The molecular weight excluding hydrogens is 309 g/mol. The van der Waals surface area contributed by atoms with Crippen molar-refractivity contribution in [3.8, 4) is 6.07 Å². The fraction of sp³-hybridized carbons (Fsp3) is 0.467. The second-order valence-corrected chi connectivity index (χ2v) is 7.52. The molecule has 7 heteroatoms. The van der Waals surface area contributed by atoms with Gasteiger partial charge in [-0.25, -0.2) is 12.8 Å². The van der Waals surface area contributed by atoms with E-state index >= 15 is 0 Å². The second kappa shape index (κ2) is 5.69. The molecule has 0 saturated heterocycles. The van der Waals surface area contributed by atoms with Gasteiger partial charge in [0.05, 0.1) is 12.7 Å². The molecule has 1 aromatic carbocycles. The number of carbonyl (C=O) groups excluding carboxylic acids is 1. The Balaban J connectivity index is 2.55. The van der Waals surface area contributed by atoms with E-state index < -0.39 is 38.2 Å². The zero-order valence-electron chi connectivity index (χ0n) is 12.2. The van der Waals surface area contributed by atoms with E-state index in [4.69, 9.17) is 4.74 Å². The maximum absolute atomic E-state index is 13.4. The van der Waals surface area contributed by atoms with Crippen LogP contribution in [0.2, 0.25) is 0 Å². The minimum atomic E-state index is -3.66. The van der Waals surface area contributed by atoms with E-state index in [1.807, 2.05) is 6.07 Å². The quantitative estimate of drug-likeness (QED) is 0.771. The Morgan fingerprint density at radius 3 is 2.64 bits per heavy atom. The first kappa shape index (κ1) is 16.4. The molecule has 1 fully saturated rings. The SMILES string of the molecule is CCOC(=O)C1(C#N)C(c2cccc(F)c2)C1S(=O)(=O)CC. The zero-order chi connectivity index (χ0) is 16.5. The van der Waals surface area contributed by atoms with E-state index in [0.717, 1.165) is 6.07 Å². The van der Waals surface area contributed by atoms with Crippen molar-refractivity contribution in [1.82, 2.24) is 0 Å². The van der Waals surface area contributed by atoms with Crippen LogP contribution in [0.15, 0.2) is 24.3 Å². The van der Waals surface area contributed by atoms with Crippen molar-refractivity contribution in [1.29, 1.82) is 5.26 Å². The molecule has 0 amide bonds. The summed E-state index contributed by atoms with van der Waals surface area (Å²) in [4.78, 5) is 12.2. The Morgan fingerprint density at radius 2 is 2.14 bits per heavy atom. The minimum Gasteiger partial charge on any atom is -0.465 e. The van der Waals surface area contributed by atoms with Gasteiger partial charge < -0.3 is 4.74 Å². The lowest BCUT2D eigenvalue weighted by Gasteiger charge is -2.08. The first-order valence-electron chi connectivity index (χ1n) is 6.90. The van der Waals surface area contributed by atoms with Gasteiger partial charge in [-0.1, -0.05) is 19.1 Å². The summed E-state index contributed by atoms with van der Waals surface area (Å²) in [7, 11) is -3.66. The first-order valence-corrected chi connectivity index (χ1v) is 8.62. The van der Waals surface area contributed by atoms with Crippen LogP contribution in [-0.2, 0) is 19.4 Å². The molecule has 1 aliphatic rings. The van der Waals surface area contributed by atoms with Crippen LogP contribution in [0.25, 0.3) is 0 Å². The maximum Gasteiger partial charge on any atom is 0.328 e. The third kappa shape index (κ3) is 2.37. The van der Waals surface area contributed by atoms with Crippen molar-refractivity contribution < 1.29 is 22.3 Å². The number of rotatable bonds is 5. The summed E-state index contributed by atoms with van der Waals surface area (Å²) in [6.07, 6.45) is 0. The predicted molar refractivity (Wildman–Crippen MR) is 77.1 cm³/mol. The lowest BCUT2D eigenvalue weighted by molar-refractivity contribution is -0.147. The Morgan fingerprint density at radius 1 is 1.45 bits per heavy atom. The topological polar surface area (TPSA) is 84.2 Å². The van der Waals surface area contributed by atoms with Crippen molar-refractivity contribution in [3.05, 3.63) is 35.6 Å². The fourth-order valence-electron chi connectivity index (χ4n) is 2.84. The molecule has 118 valence electrons. The summed E-state index contributed by atoms with van der Waals surface area (Å²) < 4.78 is 42.8. The highest BCUT2D eigenvalue weighted by atomic mass is 32.2. The molecular formula is C15H16FNO4S. The summed E-state index contributed by atoms with van der Waals surface area (Å²) in [5, 5.41) is 8.28. The normalized spacial score (nSPS) is 27.0. The highest BCUT2D eigenvalue weighted by Gasteiger charge is 2.77. The van der Waals surface area contributed by atoms with E-state index in [-0.39, 0.29) is 12.4 Å². The molecule has 22 heavy (non-hydrogen) atoms. The van der Waals surface area contributed by atoms with Crippen molar-refractivity contribution in [2.45, 2.75) is 25.0 Å². The van der Waals surface area contributed by atoms with Gasteiger partial charge in [-0.15, -0.1) is 0 Å². The first-order chi connectivity index (χ1) is 10.3. The number of benzene rings is 1. The van der Waals surface area contributed by atoms with Gasteiger partial charge in [0, 0.05) is 11.7 Å². The lowest BCUT2D eigenvalue weighted by atomic mass is 10.0. The average Bonchev–Trinajstić information content (AvgIpc) is 3.19. The van der Waals surface area contributed by atoms with Crippen LogP contribution in [0.5, 0.6) is 0 Å². The van der Waals surface area contributed by atoms with Gasteiger partial charge in [0.1, 0.15) is 11.1 Å². The number of halogens is 1. The number of nitriles is 1. The Kier molecular flexibility index (Phi) is 4.25. The van der Waals surface area contributed by atoms with E-state index in [2.05, 4.69) is 0 Å². The van der Waals surface area contributed by atoms with E-state index in [0.29, 0.717) is 5.56 Å². The van der Waals surface area contributed by atoms with E-state index in [9.17, 15) is 22.9 Å². The largest absolute Gasteiger partial charge is 0.465 e. The van der Waals surface area contributed by atoms with Gasteiger partial charge in [0.2, 0.25) is 0 Å². The van der Waals surface area contributed by atoms with Crippen molar-refractivity contribution >= 4 is 15.8 Å². The number of carbonyl (C=O) groups is 1. The molecule has 1 aromatic rings. The van der Waals surface area contributed by atoms with Gasteiger partial charge in [-0.3, -0.25) is 4.79 Å². The third-order valence-corrected chi connectivity index (χ3v) is 6.15. The Labute approximate surface area is 128 Å². The standard InChI is InChI=1S/C15H16FNO4S/c1-3-21-14(18)15(9-17)12(13(15)22(19,20)4-2)10-6-5-7-11(16)8-10/h5-8,12-13H,3-4H2,1-2H3. The molecule has 0 spiro atoms. The number of esters is 1. The van der Waals surface area contributed by atoms with Crippen molar-refractivity contribution in [2.75, 3.05) is 12.4 Å². The van der Waals surface area contributed by atoms with Gasteiger partial charge in [-0.05, 0) is 24.6 Å². The van der Waals surface area contributed by atoms with Crippen molar-refractivity contribution in [2.24, 2.45) is 5.41 Å². The molecule has 3 atom stereocenters. The molecule has 3 unspecified atom stereocenters. The minimum absolute atomic E-state index is 0.0387. The van der Waals surface area contributed by atoms with Crippen molar-refractivity contribution in [3.63, 3.8) is 0 Å². The van der Waals surface area contributed by atoms with Crippen LogP contribution >= 0.6 is 0 Å². The number of nitrogens with zero attached hydrogens (tertiary/aromatic N) is 1. The van der Waals surface area contributed by atoms with E-state index in [1.54, 1.807) is 6.92 Å². The van der Waals surface area contributed by atoms with Crippen LogP contribution in [0.4, 0.5) is 4.39 Å². The monoisotopic (exact) mass is 325 g/mol. The average molecular weight is 325 g/mol. The molecule has 0 N–H and O–H groups in total. The lowest BCUT2D eigenvalue weighted by Crippen LogP contribution is -2.26. The number of hydrogen-bond donors (Lipinski definition) is 0. The van der Waals surface area contributed by atoms with Gasteiger partial charge in [0.25, 0.3) is 0 Å². The molecule has 1 saturated carbocycles. The summed E-state index contributed by atoms with van der Waals surface area (Å²) in [5.74, 6) is -2.52. The number of hydrogen-bond acceptors (Lipinski definition) is 5. The van der Waals surface area contributed by atoms with Crippen LogP contribution in [0, 0.1) is 22.6 Å². The van der Waals surface area contributed by atoms with Gasteiger partial charge in [-0.2, -0.15) is 5.26 Å². The molecule has 0 heterocycles. The second-order valence-electron chi connectivity index (χ2n) is 5.11. The molecule has 5 nitrogen and oxygen atoms in total. The van der Waals surface area contributed by atoms with Gasteiger partial charge >= 0.3 is 5.97 Å². The Hall–Kier alpha value is -1.94. The highest BCUT2D eigenvalue weighted by molar-refractivity contribution is 7.92. The number of ether oxygens (including phenoxy) is 1.